The van der Waals surface area contributed by atoms with Crippen LogP contribution in [-0.2, 0) is 44.9 Å². The van der Waals surface area contributed by atoms with Crippen molar-refractivity contribution >= 4 is 55.6 Å². The SMILES string of the molecule is CC(C)(C)c1cc(Oc2[c-]c3c(cc2)c2ccccc2n3-c2cc(C(C)(C)C)ccn2)[c-]c(N2[CH-]N(c3ccccc3)c3cc4c(cc32)nc2n4CCCC2)c1.[Pt]. The van der Waals surface area contributed by atoms with Crippen LogP contribution in [0, 0.1) is 18.8 Å². The van der Waals surface area contributed by atoms with Crippen molar-refractivity contribution in [3.63, 3.8) is 0 Å². The fraction of sp³-hybridized carbons (Fsp3) is 0.245. The minimum absolute atomic E-state index is 0. The summed E-state index contributed by atoms with van der Waals surface area (Å²) in [6.45, 7) is 16.6. The minimum Gasteiger partial charge on any atom is -0.509 e. The quantitative estimate of drug-likeness (QED) is 0.161. The fourth-order valence-electron chi connectivity index (χ4n) is 8.25. The van der Waals surface area contributed by atoms with Crippen LogP contribution in [-0.4, -0.2) is 19.1 Å². The summed E-state index contributed by atoms with van der Waals surface area (Å²) in [6, 6.07) is 43.7. The maximum absolute atomic E-state index is 6.80. The molecule has 0 bridgehead atoms. The number of aromatic nitrogens is 4. The number of aryl methyl sites for hydroxylation is 2. The summed E-state index contributed by atoms with van der Waals surface area (Å²) in [5, 5.41) is 2.25. The molecule has 0 saturated carbocycles. The molecular weight excluding hydrogens is 884 g/mol. The number of ether oxygens (including phenoxy) is 1. The van der Waals surface area contributed by atoms with E-state index < -0.39 is 0 Å². The van der Waals surface area contributed by atoms with E-state index in [0.29, 0.717) is 11.5 Å². The second kappa shape index (κ2) is 13.9. The van der Waals surface area contributed by atoms with Crippen LogP contribution < -0.4 is 14.5 Å². The van der Waals surface area contributed by atoms with Crippen LogP contribution in [0.3, 0.4) is 0 Å². The molecule has 8 heteroatoms. The van der Waals surface area contributed by atoms with Crippen molar-refractivity contribution in [1.29, 1.82) is 0 Å². The second-order valence-corrected chi connectivity index (χ2v) is 17.2. The van der Waals surface area contributed by atoms with Gasteiger partial charge in [0.15, 0.2) is 0 Å². The monoisotopic (exact) mass is 928 g/mol. The Morgan fingerprint density at radius 3 is 2.26 bits per heavy atom. The van der Waals surface area contributed by atoms with Gasteiger partial charge < -0.3 is 23.7 Å². The summed E-state index contributed by atoms with van der Waals surface area (Å²) in [4.78, 5) is 14.5. The topological polar surface area (TPSA) is 51.4 Å². The van der Waals surface area contributed by atoms with Gasteiger partial charge in [0.25, 0.3) is 0 Å². The molecule has 5 aromatic carbocycles. The molecule has 10 rings (SSSR count). The minimum atomic E-state index is -0.152. The van der Waals surface area contributed by atoms with Crippen molar-refractivity contribution in [2.24, 2.45) is 0 Å². The Balaban J connectivity index is 0.00000422. The predicted molar refractivity (Wildman–Crippen MR) is 228 cm³/mol. The van der Waals surface area contributed by atoms with E-state index >= 15 is 0 Å². The Morgan fingerprint density at radius 2 is 1.46 bits per heavy atom. The van der Waals surface area contributed by atoms with Crippen LogP contribution >= 0.6 is 0 Å². The average molecular weight is 929 g/mol. The number of fused-ring (bicyclic) bond motifs is 7. The third-order valence-corrected chi connectivity index (χ3v) is 11.3. The number of para-hydroxylation sites is 2. The maximum Gasteiger partial charge on any atom is 0.135 e. The summed E-state index contributed by atoms with van der Waals surface area (Å²) >= 11 is 0. The first-order valence-corrected chi connectivity index (χ1v) is 19.7. The van der Waals surface area contributed by atoms with Crippen LogP contribution in [0.1, 0.15) is 71.3 Å². The molecule has 0 amide bonds. The molecule has 2 aliphatic heterocycles. The molecule has 0 unspecified atom stereocenters. The number of hydrogen-bond acceptors (Lipinski definition) is 5. The Bertz CT molecular complexity index is 2810. The summed E-state index contributed by atoms with van der Waals surface area (Å²) in [7, 11) is 0. The van der Waals surface area contributed by atoms with Crippen LogP contribution in [0.15, 0.2) is 109 Å². The molecule has 8 aromatic rings. The molecule has 0 radical (unpaired) electrons. The maximum atomic E-state index is 6.80. The third kappa shape index (κ3) is 6.50. The Hall–Kier alpha value is -5.39. The number of nitrogens with zero attached hydrogens (tertiary/aromatic N) is 6. The van der Waals surface area contributed by atoms with Crippen LogP contribution in [0.5, 0.6) is 11.5 Å². The van der Waals surface area contributed by atoms with Gasteiger partial charge in [0, 0.05) is 74.3 Å². The van der Waals surface area contributed by atoms with E-state index in [-0.39, 0.29) is 31.9 Å². The van der Waals surface area contributed by atoms with Gasteiger partial charge in [-0.25, -0.2) is 9.97 Å². The van der Waals surface area contributed by atoms with Gasteiger partial charge in [-0.1, -0.05) is 83.5 Å². The zero-order chi connectivity index (χ0) is 38.3. The molecule has 3 aromatic heterocycles. The molecule has 7 nitrogen and oxygen atoms in total. The normalized spacial score (nSPS) is 14.3. The van der Waals surface area contributed by atoms with E-state index in [1.54, 1.807) is 0 Å². The molecule has 0 spiro atoms. The molecule has 0 N–H and O–H groups in total. The van der Waals surface area contributed by atoms with Crippen molar-refractivity contribution < 1.29 is 25.8 Å². The summed E-state index contributed by atoms with van der Waals surface area (Å²) in [5.41, 5.74) is 10.6. The first kappa shape index (κ1) is 37.2. The van der Waals surface area contributed by atoms with Gasteiger partial charge in [-0.3, -0.25) is 0 Å². The van der Waals surface area contributed by atoms with Crippen LogP contribution in [0.4, 0.5) is 22.7 Å². The summed E-state index contributed by atoms with van der Waals surface area (Å²) < 4.78 is 11.4. The number of anilines is 4. The van der Waals surface area contributed by atoms with Gasteiger partial charge in [0.2, 0.25) is 0 Å². The average Bonchev–Trinajstić information content (AvgIpc) is 3.86. The molecule has 0 atom stereocenters. The molecule has 2 aliphatic rings. The third-order valence-electron chi connectivity index (χ3n) is 11.3. The van der Waals surface area contributed by atoms with Crippen molar-refractivity contribution in [2.75, 3.05) is 9.80 Å². The zero-order valence-electron chi connectivity index (χ0n) is 33.2. The number of imidazole rings is 1. The summed E-state index contributed by atoms with van der Waals surface area (Å²) in [5.74, 6) is 3.28. The van der Waals surface area contributed by atoms with Crippen molar-refractivity contribution in [2.45, 2.75) is 78.2 Å². The van der Waals surface area contributed by atoms with E-state index in [2.05, 4.69) is 176 Å². The number of hydrogen-bond donors (Lipinski definition) is 0. The van der Waals surface area contributed by atoms with E-state index in [1.165, 1.54) is 29.7 Å². The van der Waals surface area contributed by atoms with Gasteiger partial charge >= 0.3 is 0 Å². The largest absolute Gasteiger partial charge is 0.509 e. The van der Waals surface area contributed by atoms with E-state index in [9.17, 15) is 0 Å². The zero-order valence-corrected chi connectivity index (χ0v) is 35.5. The van der Waals surface area contributed by atoms with Crippen molar-refractivity contribution in [1.82, 2.24) is 19.1 Å². The first-order chi connectivity index (χ1) is 27.0. The Kier molecular flexibility index (Phi) is 9.08. The number of pyridine rings is 1. The van der Waals surface area contributed by atoms with Gasteiger partial charge in [0.1, 0.15) is 11.6 Å². The molecule has 0 aliphatic carbocycles. The molecule has 5 heterocycles. The smallest absolute Gasteiger partial charge is 0.135 e. The van der Waals surface area contributed by atoms with Gasteiger partial charge in [0.05, 0.1) is 11.0 Å². The molecule has 0 fully saturated rings. The number of rotatable bonds is 5. The standard InChI is InChI=1S/C49H45N6O.Pt/c1-48(2,3)32-21-22-50-47(26-32)55-41-17-11-10-16-38(41)39-20-19-36(28-42(39)55)56-37-25-33(49(4,5)6)24-35(27-37)54-31-53(34-14-8-7-9-15-34)45-30-43-40(29-44(45)54)51-46-18-12-13-23-52(43)46;/h7-11,14-17,19-22,24-26,29-31H,12-13,18,23H2,1-6H3;/q-3;. The number of benzene rings is 5. The van der Waals surface area contributed by atoms with Crippen LogP contribution in [0.2, 0.25) is 0 Å². The fourth-order valence-corrected chi connectivity index (χ4v) is 8.25. The molecular formula is C49H45N6OPt-3. The van der Waals surface area contributed by atoms with Crippen molar-refractivity contribution in [3.05, 3.63) is 145 Å². The van der Waals surface area contributed by atoms with Crippen LogP contribution in [0.25, 0.3) is 38.7 Å². The summed E-state index contributed by atoms with van der Waals surface area (Å²) in [6.07, 6.45) is 5.29. The van der Waals surface area contributed by atoms with Gasteiger partial charge in [-0.15, -0.1) is 53.6 Å². The molecule has 57 heavy (non-hydrogen) atoms. The first-order valence-electron chi connectivity index (χ1n) is 19.7. The van der Waals surface area contributed by atoms with E-state index in [0.717, 1.165) is 74.4 Å². The van der Waals surface area contributed by atoms with Gasteiger partial charge in [-0.2, -0.15) is 6.07 Å². The Labute approximate surface area is 349 Å². The molecule has 0 saturated heterocycles. The Morgan fingerprint density at radius 1 is 0.684 bits per heavy atom. The second-order valence-electron chi connectivity index (χ2n) is 17.2. The van der Waals surface area contributed by atoms with Gasteiger partial charge in [-0.05, 0) is 77.1 Å². The predicted octanol–water partition coefficient (Wildman–Crippen LogP) is 12.3. The van der Waals surface area contributed by atoms with E-state index in [1.807, 2.05) is 12.3 Å². The van der Waals surface area contributed by atoms with Crippen molar-refractivity contribution in [3.8, 4) is 17.3 Å². The van der Waals surface area contributed by atoms with E-state index in [4.69, 9.17) is 14.7 Å². The molecule has 290 valence electrons.